The maximum atomic E-state index is 12.8. The van der Waals surface area contributed by atoms with Crippen molar-refractivity contribution in [2.45, 2.75) is 38.4 Å². The van der Waals surface area contributed by atoms with Crippen LogP contribution in [0, 0.1) is 0 Å². The predicted octanol–water partition coefficient (Wildman–Crippen LogP) is 3.61. The Morgan fingerprint density at radius 1 is 0.968 bits per heavy atom. The molecule has 1 amide bonds. The van der Waals surface area contributed by atoms with Gasteiger partial charge >= 0.3 is 0 Å². The first kappa shape index (κ1) is 21.6. The number of carbonyl (C=O) groups excluding carboxylic acids is 1. The third-order valence-electron chi connectivity index (χ3n) is 6.30. The maximum Gasteiger partial charge on any atom is 0.247 e. The average molecular weight is 420 g/mol. The second-order valence-electron chi connectivity index (χ2n) is 8.58. The van der Waals surface area contributed by atoms with Crippen molar-refractivity contribution in [3.8, 4) is 5.75 Å². The lowest BCUT2D eigenvalue weighted by Gasteiger charge is -2.33. The molecule has 0 atom stereocenters. The Labute approximate surface area is 185 Å². The van der Waals surface area contributed by atoms with Crippen LogP contribution in [-0.4, -0.2) is 55.0 Å². The van der Waals surface area contributed by atoms with Gasteiger partial charge in [-0.2, -0.15) is 0 Å². The van der Waals surface area contributed by atoms with Gasteiger partial charge in [0.05, 0.1) is 7.11 Å². The van der Waals surface area contributed by atoms with Crippen LogP contribution in [-0.2, 0) is 17.9 Å². The summed E-state index contributed by atoms with van der Waals surface area (Å²) in [4.78, 5) is 17.6. The van der Waals surface area contributed by atoms with Gasteiger partial charge in [0.15, 0.2) is 0 Å². The van der Waals surface area contributed by atoms with E-state index in [0.29, 0.717) is 0 Å². The summed E-state index contributed by atoms with van der Waals surface area (Å²) in [6.07, 6.45) is 4.95. The number of likely N-dealkylation sites (tertiary alicyclic amines) is 1. The lowest BCUT2D eigenvalue weighted by atomic mass is 10.0. The molecule has 2 aliphatic rings. The number of benzene rings is 2. The van der Waals surface area contributed by atoms with Crippen LogP contribution >= 0.6 is 0 Å². The lowest BCUT2D eigenvalue weighted by Crippen LogP contribution is -2.45. The Morgan fingerprint density at radius 3 is 2.42 bits per heavy atom. The monoisotopic (exact) mass is 419 g/mol. The SMILES string of the molecule is COc1cccc(CN2CC=C(C(=O)NC3CCN(Cc4ccccc4)CC3)CC2)c1. The Morgan fingerprint density at radius 2 is 1.71 bits per heavy atom. The summed E-state index contributed by atoms with van der Waals surface area (Å²) in [6.45, 7) is 5.67. The van der Waals surface area contributed by atoms with E-state index >= 15 is 0 Å². The van der Waals surface area contributed by atoms with Crippen molar-refractivity contribution in [3.05, 3.63) is 77.4 Å². The number of hydrogen-bond donors (Lipinski definition) is 1. The highest BCUT2D eigenvalue weighted by molar-refractivity contribution is 5.93. The Hall–Kier alpha value is -2.63. The molecule has 0 unspecified atom stereocenters. The highest BCUT2D eigenvalue weighted by atomic mass is 16.5. The first-order valence-corrected chi connectivity index (χ1v) is 11.3. The van der Waals surface area contributed by atoms with Crippen molar-refractivity contribution >= 4 is 5.91 Å². The van der Waals surface area contributed by atoms with Gasteiger partial charge in [-0.1, -0.05) is 48.5 Å². The summed E-state index contributed by atoms with van der Waals surface area (Å²) >= 11 is 0. The van der Waals surface area contributed by atoms with Crippen molar-refractivity contribution in [1.82, 2.24) is 15.1 Å². The minimum absolute atomic E-state index is 0.127. The molecule has 2 aromatic rings. The molecule has 4 rings (SSSR count). The largest absolute Gasteiger partial charge is 0.497 e. The van der Waals surface area contributed by atoms with Crippen LogP contribution in [0.15, 0.2) is 66.2 Å². The molecule has 0 aliphatic carbocycles. The van der Waals surface area contributed by atoms with Crippen LogP contribution in [0.5, 0.6) is 5.75 Å². The molecule has 2 aromatic carbocycles. The fourth-order valence-corrected chi connectivity index (χ4v) is 4.45. The second-order valence-corrected chi connectivity index (χ2v) is 8.58. The predicted molar refractivity (Wildman–Crippen MR) is 124 cm³/mol. The van der Waals surface area contributed by atoms with Crippen LogP contribution < -0.4 is 10.1 Å². The number of rotatable bonds is 7. The quantitative estimate of drug-likeness (QED) is 0.745. The fraction of sp³-hybridized carbons (Fsp3) is 0.423. The molecule has 5 nitrogen and oxygen atoms in total. The van der Waals surface area contributed by atoms with Crippen molar-refractivity contribution in [2.75, 3.05) is 33.3 Å². The maximum absolute atomic E-state index is 12.8. The number of nitrogens with zero attached hydrogens (tertiary/aromatic N) is 2. The zero-order valence-electron chi connectivity index (χ0n) is 18.4. The van der Waals surface area contributed by atoms with Gasteiger partial charge in [0, 0.05) is 50.9 Å². The van der Waals surface area contributed by atoms with E-state index in [1.807, 2.05) is 12.1 Å². The molecule has 1 N–H and O–H groups in total. The lowest BCUT2D eigenvalue weighted by molar-refractivity contribution is -0.118. The fourth-order valence-electron chi connectivity index (χ4n) is 4.45. The molecule has 31 heavy (non-hydrogen) atoms. The smallest absolute Gasteiger partial charge is 0.247 e. The number of ether oxygens (including phenoxy) is 1. The first-order valence-electron chi connectivity index (χ1n) is 11.3. The molecule has 1 fully saturated rings. The zero-order valence-corrected chi connectivity index (χ0v) is 18.4. The topological polar surface area (TPSA) is 44.8 Å². The van der Waals surface area contributed by atoms with Crippen LogP contribution in [0.4, 0.5) is 0 Å². The van der Waals surface area contributed by atoms with Crippen molar-refractivity contribution < 1.29 is 9.53 Å². The van der Waals surface area contributed by atoms with Crippen molar-refractivity contribution in [1.29, 1.82) is 0 Å². The van der Waals surface area contributed by atoms with E-state index in [-0.39, 0.29) is 11.9 Å². The molecule has 2 aliphatic heterocycles. The molecule has 1 saturated heterocycles. The Balaban J connectivity index is 1.21. The zero-order chi connectivity index (χ0) is 21.5. The third kappa shape index (κ3) is 6.18. The minimum atomic E-state index is 0.127. The normalized spacial score (nSPS) is 18.4. The summed E-state index contributed by atoms with van der Waals surface area (Å²) in [7, 11) is 1.70. The van der Waals surface area contributed by atoms with E-state index in [2.05, 4.69) is 63.7 Å². The van der Waals surface area contributed by atoms with Gasteiger partial charge in [0.1, 0.15) is 5.75 Å². The number of hydrogen-bond acceptors (Lipinski definition) is 4. The van der Waals surface area contributed by atoms with Gasteiger partial charge in [-0.15, -0.1) is 0 Å². The van der Waals surface area contributed by atoms with E-state index in [4.69, 9.17) is 4.74 Å². The van der Waals surface area contributed by atoms with Gasteiger partial charge in [0.25, 0.3) is 0 Å². The van der Waals surface area contributed by atoms with Crippen LogP contribution in [0.25, 0.3) is 0 Å². The van der Waals surface area contributed by atoms with Crippen LogP contribution in [0.1, 0.15) is 30.4 Å². The molecular formula is C26H33N3O2. The highest BCUT2D eigenvalue weighted by Gasteiger charge is 2.23. The number of methoxy groups -OCH3 is 1. The summed E-state index contributed by atoms with van der Waals surface area (Å²) in [5, 5.41) is 3.28. The van der Waals surface area contributed by atoms with Crippen molar-refractivity contribution in [3.63, 3.8) is 0 Å². The molecule has 2 heterocycles. The molecule has 0 radical (unpaired) electrons. The number of piperidine rings is 1. The van der Waals surface area contributed by atoms with Gasteiger partial charge in [0.2, 0.25) is 5.91 Å². The van der Waals surface area contributed by atoms with Gasteiger partial charge in [-0.3, -0.25) is 14.6 Å². The molecule has 164 valence electrons. The Bertz CT molecular complexity index is 889. The molecule has 0 saturated carbocycles. The van der Waals surface area contributed by atoms with Gasteiger partial charge < -0.3 is 10.1 Å². The summed E-state index contributed by atoms with van der Waals surface area (Å²) in [6, 6.07) is 19.1. The number of nitrogens with one attached hydrogen (secondary N) is 1. The van der Waals surface area contributed by atoms with Crippen LogP contribution in [0.2, 0.25) is 0 Å². The molecular weight excluding hydrogens is 386 g/mol. The number of amides is 1. The minimum Gasteiger partial charge on any atom is -0.497 e. The van der Waals surface area contributed by atoms with Crippen LogP contribution in [0.3, 0.4) is 0 Å². The number of carbonyl (C=O) groups is 1. The molecule has 0 spiro atoms. The highest BCUT2D eigenvalue weighted by Crippen LogP contribution is 2.19. The van der Waals surface area contributed by atoms with E-state index in [0.717, 1.165) is 69.9 Å². The summed E-state index contributed by atoms with van der Waals surface area (Å²) < 4.78 is 5.31. The van der Waals surface area contributed by atoms with Gasteiger partial charge in [-0.05, 0) is 42.5 Å². The van der Waals surface area contributed by atoms with Crippen molar-refractivity contribution in [2.24, 2.45) is 0 Å². The standard InChI is InChI=1S/C26H33N3O2/c1-31-25-9-5-8-22(18-25)20-28-14-10-23(11-15-28)26(30)27-24-12-16-29(17-13-24)19-21-6-3-2-4-7-21/h2-10,18,24H,11-17,19-20H2,1H3,(H,27,30). The van der Waals surface area contributed by atoms with E-state index in [1.54, 1.807) is 7.11 Å². The summed E-state index contributed by atoms with van der Waals surface area (Å²) in [5.41, 5.74) is 3.53. The Kier molecular flexibility index (Phi) is 7.39. The average Bonchev–Trinajstić information content (AvgIpc) is 2.81. The summed E-state index contributed by atoms with van der Waals surface area (Å²) in [5.74, 6) is 1.02. The van der Waals surface area contributed by atoms with E-state index < -0.39 is 0 Å². The van der Waals surface area contributed by atoms with Gasteiger partial charge in [-0.25, -0.2) is 0 Å². The van der Waals surface area contributed by atoms with E-state index in [1.165, 1.54) is 11.1 Å². The molecule has 5 heteroatoms. The molecule has 0 aromatic heterocycles. The first-order chi connectivity index (χ1) is 15.2. The second kappa shape index (κ2) is 10.6. The molecule has 0 bridgehead atoms. The van der Waals surface area contributed by atoms with E-state index in [9.17, 15) is 4.79 Å². The third-order valence-corrected chi connectivity index (χ3v) is 6.30.